The van der Waals surface area contributed by atoms with Crippen LogP contribution >= 0.6 is 0 Å². The first-order valence-electron chi connectivity index (χ1n) is 7.49. The van der Waals surface area contributed by atoms with E-state index in [0.29, 0.717) is 12.4 Å². The van der Waals surface area contributed by atoms with Crippen LogP contribution in [0, 0.1) is 6.92 Å². The van der Waals surface area contributed by atoms with Gasteiger partial charge in [0, 0.05) is 26.0 Å². The van der Waals surface area contributed by atoms with Crippen LogP contribution in [0.15, 0.2) is 12.4 Å². The fourth-order valence-corrected chi connectivity index (χ4v) is 3.24. The average Bonchev–Trinajstić information content (AvgIpc) is 3.10. The van der Waals surface area contributed by atoms with Crippen LogP contribution in [0.5, 0.6) is 5.88 Å². The van der Waals surface area contributed by atoms with Gasteiger partial charge >= 0.3 is 0 Å². The van der Waals surface area contributed by atoms with Crippen molar-refractivity contribution in [3.63, 3.8) is 0 Å². The van der Waals surface area contributed by atoms with Gasteiger partial charge in [0.25, 0.3) is 5.91 Å². The second-order valence-electron chi connectivity index (χ2n) is 5.58. The number of nitrogens with zero attached hydrogens (tertiary/aromatic N) is 5. The number of hydrogen-bond acceptors (Lipinski definition) is 6. The van der Waals surface area contributed by atoms with E-state index in [-0.39, 0.29) is 23.5 Å². The summed E-state index contributed by atoms with van der Waals surface area (Å²) in [7, 11) is 3.44. The number of aromatic nitrogens is 4. The number of rotatable bonds is 3. The minimum Gasteiger partial charge on any atom is -0.481 e. The molecule has 0 aromatic carbocycles. The van der Waals surface area contributed by atoms with Crippen molar-refractivity contribution in [2.24, 2.45) is 7.05 Å². The van der Waals surface area contributed by atoms with Crippen LogP contribution in [0.1, 0.15) is 40.6 Å². The van der Waals surface area contributed by atoms with E-state index in [1.165, 1.54) is 12.4 Å². The zero-order valence-electron chi connectivity index (χ0n) is 13.5. The molecule has 23 heavy (non-hydrogen) atoms. The molecule has 2 aromatic rings. The highest BCUT2D eigenvalue weighted by atomic mass is 16.5. The molecule has 0 aliphatic carbocycles. The van der Waals surface area contributed by atoms with Crippen LogP contribution in [0.2, 0.25) is 0 Å². The van der Waals surface area contributed by atoms with Gasteiger partial charge in [0.15, 0.2) is 11.5 Å². The predicted octanol–water partition coefficient (Wildman–Crippen LogP) is 1.09. The molecule has 0 bridgehead atoms. The summed E-state index contributed by atoms with van der Waals surface area (Å²) in [6.07, 6.45) is 4.72. The quantitative estimate of drug-likeness (QED) is 0.910. The van der Waals surface area contributed by atoms with Crippen molar-refractivity contribution in [2.75, 3.05) is 19.4 Å². The summed E-state index contributed by atoms with van der Waals surface area (Å²) in [5.41, 5.74) is 7.81. The number of aryl methyl sites for hydroxylation is 2. The average molecular weight is 316 g/mol. The molecular weight excluding hydrogens is 296 g/mol. The Morgan fingerprint density at radius 1 is 1.39 bits per heavy atom. The first-order valence-corrected chi connectivity index (χ1v) is 7.49. The topological polar surface area (TPSA) is 99.2 Å². The molecule has 2 aromatic heterocycles. The summed E-state index contributed by atoms with van der Waals surface area (Å²) in [6, 6.07) is -0.0902. The molecule has 122 valence electrons. The van der Waals surface area contributed by atoms with Crippen molar-refractivity contribution in [3.05, 3.63) is 29.3 Å². The molecule has 1 aliphatic heterocycles. The molecule has 0 unspecified atom stereocenters. The molecule has 8 heteroatoms. The van der Waals surface area contributed by atoms with Crippen LogP contribution in [0.4, 0.5) is 5.82 Å². The predicted molar refractivity (Wildman–Crippen MR) is 84.0 cm³/mol. The zero-order valence-corrected chi connectivity index (χ0v) is 13.5. The first-order chi connectivity index (χ1) is 11.0. The Hall–Kier alpha value is -2.64. The van der Waals surface area contributed by atoms with Gasteiger partial charge in [0.05, 0.1) is 24.4 Å². The number of amides is 1. The number of carbonyl (C=O) groups is 1. The lowest BCUT2D eigenvalue weighted by Gasteiger charge is -2.25. The van der Waals surface area contributed by atoms with Gasteiger partial charge in [-0.3, -0.25) is 4.79 Å². The van der Waals surface area contributed by atoms with Crippen molar-refractivity contribution in [2.45, 2.75) is 25.8 Å². The van der Waals surface area contributed by atoms with Gasteiger partial charge in [-0.25, -0.2) is 14.6 Å². The first kappa shape index (κ1) is 15.3. The third-order valence-corrected chi connectivity index (χ3v) is 4.18. The normalized spacial score (nSPS) is 17.5. The maximum Gasteiger partial charge on any atom is 0.276 e. The third kappa shape index (κ3) is 2.49. The van der Waals surface area contributed by atoms with Gasteiger partial charge < -0.3 is 15.4 Å². The lowest BCUT2D eigenvalue weighted by molar-refractivity contribution is 0.0728. The maximum absolute atomic E-state index is 12.8. The van der Waals surface area contributed by atoms with Crippen LogP contribution in [-0.4, -0.2) is 44.2 Å². The standard InChI is InChI=1S/C15H20N6O2/c1-9-11(15(23-3)20(2)19-9)10-5-4-8-21(10)14(22)12-13(16)18-7-6-17-12/h6-7,10H,4-5,8H2,1-3H3,(H2,16,18)/t10-/m0/s1. The largest absolute Gasteiger partial charge is 0.481 e. The number of methoxy groups -OCH3 is 1. The van der Waals surface area contributed by atoms with Crippen molar-refractivity contribution in [3.8, 4) is 5.88 Å². The van der Waals surface area contributed by atoms with E-state index >= 15 is 0 Å². The lowest BCUT2D eigenvalue weighted by atomic mass is 10.0. The Morgan fingerprint density at radius 2 is 2.13 bits per heavy atom. The summed E-state index contributed by atoms with van der Waals surface area (Å²) >= 11 is 0. The maximum atomic E-state index is 12.8. The third-order valence-electron chi connectivity index (χ3n) is 4.18. The Balaban J connectivity index is 1.98. The second-order valence-corrected chi connectivity index (χ2v) is 5.58. The second kappa shape index (κ2) is 5.86. The highest BCUT2D eigenvalue weighted by Gasteiger charge is 2.36. The van der Waals surface area contributed by atoms with Gasteiger partial charge in [-0.2, -0.15) is 5.10 Å². The van der Waals surface area contributed by atoms with Crippen molar-refractivity contribution >= 4 is 11.7 Å². The van der Waals surface area contributed by atoms with Crippen molar-refractivity contribution in [1.82, 2.24) is 24.6 Å². The molecule has 0 radical (unpaired) electrons. The van der Waals surface area contributed by atoms with Gasteiger partial charge in [0.2, 0.25) is 5.88 Å². The van der Waals surface area contributed by atoms with E-state index in [4.69, 9.17) is 10.5 Å². The molecule has 3 heterocycles. The number of anilines is 1. The van der Waals surface area contributed by atoms with Gasteiger partial charge in [-0.1, -0.05) is 0 Å². The fourth-order valence-electron chi connectivity index (χ4n) is 3.24. The summed E-state index contributed by atoms with van der Waals surface area (Å²) in [6.45, 7) is 2.58. The summed E-state index contributed by atoms with van der Waals surface area (Å²) in [5.74, 6) is 0.626. The highest BCUT2D eigenvalue weighted by molar-refractivity contribution is 5.96. The van der Waals surface area contributed by atoms with Crippen molar-refractivity contribution in [1.29, 1.82) is 0 Å². The molecule has 1 fully saturated rings. The molecule has 1 saturated heterocycles. The molecule has 1 aliphatic rings. The van der Waals surface area contributed by atoms with Crippen LogP contribution in [0.3, 0.4) is 0 Å². The van der Waals surface area contributed by atoms with Gasteiger partial charge in [0.1, 0.15) is 0 Å². The monoisotopic (exact) mass is 316 g/mol. The molecule has 1 atom stereocenters. The number of nitrogens with two attached hydrogens (primary N) is 1. The fraction of sp³-hybridized carbons (Fsp3) is 0.467. The SMILES string of the molecule is COc1c([C@@H]2CCCN2C(=O)c2nccnc2N)c(C)nn1C. The Bertz CT molecular complexity index is 742. The zero-order chi connectivity index (χ0) is 16.6. The summed E-state index contributed by atoms with van der Waals surface area (Å²) < 4.78 is 7.17. The molecule has 0 saturated carbocycles. The number of carbonyl (C=O) groups excluding carboxylic acids is 1. The molecule has 8 nitrogen and oxygen atoms in total. The van der Waals surface area contributed by atoms with Crippen LogP contribution in [-0.2, 0) is 7.05 Å². The van der Waals surface area contributed by atoms with Crippen LogP contribution < -0.4 is 10.5 Å². The van der Waals surface area contributed by atoms with E-state index in [2.05, 4.69) is 15.1 Å². The molecule has 0 spiro atoms. The Morgan fingerprint density at radius 3 is 2.83 bits per heavy atom. The van der Waals surface area contributed by atoms with Gasteiger partial charge in [-0.15, -0.1) is 0 Å². The van der Waals surface area contributed by atoms with Crippen molar-refractivity contribution < 1.29 is 9.53 Å². The number of ether oxygens (including phenoxy) is 1. The van der Waals surface area contributed by atoms with Gasteiger partial charge in [-0.05, 0) is 19.8 Å². The number of nitrogen functional groups attached to an aromatic ring is 1. The molecule has 3 rings (SSSR count). The highest BCUT2D eigenvalue weighted by Crippen LogP contribution is 2.39. The smallest absolute Gasteiger partial charge is 0.276 e. The van der Waals surface area contributed by atoms with Crippen LogP contribution in [0.25, 0.3) is 0 Å². The van der Waals surface area contributed by atoms with E-state index in [1.54, 1.807) is 16.7 Å². The lowest BCUT2D eigenvalue weighted by Crippen LogP contribution is -2.32. The molecule has 1 amide bonds. The summed E-state index contributed by atoms with van der Waals surface area (Å²) in [5, 5.41) is 4.41. The minimum atomic E-state index is -0.205. The molecule has 2 N–H and O–H groups in total. The van der Waals surface area contributed by atoms with E-state index < -0.39 is 0 Å². The minimum absolute atomic E-state index is 0.0902. The summed E-state index contributed by atoms with van der Waals surface area (Å²) in [4.78, 5) is 22.7. The number of likely N-dealkylation sites (tertiary alicyclic amines) is 1. The number of hydrogen-bond donors (Lipinski definition) is 1. The Labute approximate surface area is 134 Å². The Kier molecular flexibility index (Phi) is 3.89. The van der Waals surface area contributed by atoms with E-state index in [1.807, 2.05) is 14.0 Å². The van der Waals surface area contributed by atoms with E-state index in [0.717, 1.165) is 24.1 Å². The molecular formula is C15H20N6O2. The van der Waals surface area contributed by atoms with E-state index in [9.17, 15) is 4.79 Å².